The van der Waals surface area contributed by atoms with Gasteiger partial charge >= 0.3 is 0 Å². The molecule has 0 saturated carbocycles. The Hall–Kier alpha value is -1.96. The van der Waals surface area contributed by atoms with E-state index in [4.69, 9.17) is 5.73 Å². The lowest BCUT2D eigenvalue weighted by Gasteiger charge is -2.06. The molecule has 2 aromatic rings. The van der Waals surface area contributed by atoms with E-state index < -0.39 is 35.0 Å². The van der Waals surface area contributed by atoms with E-state index in [2.05, 4.69) is 10.3 Å². The van der Waals surface area contributed by atoms with E-state index in [-0.39, 0.29) is 11.8 Å². The summed E-state index contributed by atoms with van der Waals surface area (Å²) in [6.45, 7) is 1.91. The second-order valence-electron chi connectivity index (χ2n) is 4.30. The molecule has 0 aliphatic carbocycles. The molecule has 20 heavy (non-hydrogen) atoms. The van der Waals surface area contributed by atoms with E-state index in [0.29, 0.717) is 11.1 Å². The van der Waals surface area contributed by atoms with E-state index in [1.807, 2.05) is 6.92 Å². The number of aromatic nitrogens is 3. The van der Waals surface area contributed by atoms with Crippen LogP contribution in [-0.2, 0) is 0 Å². The van der Waals surface area contributed by atoms with Crippen LogP contribution in [0, 0.1) is 23.3 Å². The largest absolute Gasteiger partial charge is 0.323 e. The summed E-state index contributed by atoms with van der Waals surface area (Å²) in [4.78, 5) is 0. The van der Waals surface area contributed by atoms with Crippen molar-refractivity contribution in [3.05, 3.63) is 41.2 Å². The molecule has 0 aliphatic heterocycles. The minimum atomic E-state index is -1.54. The van der Waals surface area contributed by atoms with Crippen LogP contribution in [0.4, 0.5) is 17.6 Å². The van der Waals surface area contributed by atoms with Crippen molar-refractivity contribution < 1.29 is 17.6 Å². The van der Waals surface area contributed by atoms with Crippen molar-refractivity contribution in [3.63, 3.8) is 0 Å². The van der Waals surface area contributed by atoms with Crippen molar-refractivity contribution in [3.8, 4) is 5.69 Å². The Kier molecular flexibility index (Phi) is 4.03. The first kappa shape index (κ1) is 14.4. The molecule has 1 unspecified atom stereocenters. The predicted molar refractivity (Wildman–Crippen MR) is 63.0 cm³/mol. The summed E-state index contributed by atoms with van der Waals surface area (Å²) in [5.74, 6) is -6.09. The standard InChI is InChI=1S/C12H12F4N4/c1-2-3-8(17)9-5-20(19-18-9)12-10(15)6(13)4-7(14)11(12)16/h4-5,8H,2-3,17H2,1H3. The molecular weight excluding hydrogens is 276 g/mol. The molecule has 0 aliphatic rings. The summed E-state index contributed by atoms with van der Waals surface area (Å²) in [5.41, 5.74) is 5.11. The van der Waals surface area contributed by atoms with Gasteiger partial charge in [0, 0.05) is 6.07 Å². The van der Waals surface area contributed by atoms with Crippen molar-refractivity contribution in [2.75, 3.05) is 0 Å². The molecule has 0 fully saturated rings. The first-order valence-corrected chi connectivity index (χ1v) is 5.96. The molecule has 8 heteroatoms. The molecule has 0 saturated heterocycles. The molecule has 1 aromatic carbocycles. The van der Waals surface area contributed by atoms with Gasteiger partial charge in [-0.25, -0.2) is 22.2 Å². The second kappa shape index (κ2) is 5.58. The molecule has 108 valence electrons. The van der Waals surface area contributed by atoms with Crippen molar-refractivity contribution in [2.24, 2.45) is 5.73 Å². The Morgan fingerprint density at radius 2 is 1.80 bits per heavy atom. The van der Waals surface area contributed by atoms with Gasteiger partial charge < -0.3 is 5.73 Å². The molecule has 0 radical (unpaired) electrons. The molecule has 2 N–H and O–H groups in total. The Balaban J connectivity index is 2.48. The van der Waals surface area contributed by atoms with Gasteiger partial charge in [-0.3, -0.25) is 0 Å². The summed E-state index contributed by atoms with van der Waals surface area (Å²) < 4.78 is 54.1. The Morgan fingerprint density at radius 3 is 2.35 bits per heavy atom. The zero-order chi connectivity index (χ0) is 14.9. The fourth-order valence-electron chi connectivity index (χ4n) is 1.78. The Labute approximate surface area is 112 Å². The van der Waals surface area contributed by atoms with E-state index in [9.17, 15) is 17.6 Å². The fraction of sp³-hybridized carbons (Fsp3) is 0.333. The maximum absolute atomic E-state index is 13.6. The first-order valence-electron chi connectivity index (χ1n) is 5.96. The van der Waals surface area contributed by atoms with Crippen molar-refractivity contribution >= 4 is 0 Å². The summed E-state index contributed by atoms with van der Waals surface area (Å²) in [7, 11) is 0. The van der Waals surface area contributed by atoms with E-state index in [1.54, 1.807) is 0 Å². The molecular formula is C12H12F4N4. The molecule has 0 amide bonds. The van der Waals surface area contributed by atoms with E-state index in [1.165, 1.54) is 0 Å². The maximum atomic E-state index is 13.6. The predicted octanol–water partition coefficient (Wildman–Crippen LogP) is 2.62. The highest BCUT2D eigenvalue weighted by Gasteiger charge is 2.22. The number of benzene rings is 1. The molecule has 1 heterocycles. The highest BCUT2D eigenvalue weighted by Crippen LogP contribution is 2.23. The van der Waals surface area contributed by atoms with Crippen LogP contribution in [0.15, 0.2) is 12.3 Å². The molecule has 0 spiro atoms. The summed E-state index contributed by atoms with van der Waals surface area (Å²) >= 11 is 0. The zero-order valence-electron chi connectivity index (χ0n) is 10.6. The van der Waals surface area contributed by atoms with Gasteiger partial charge in [0.2, 0.25) is 0 Å². The third-order valence-corrected chi connectivity index (χ3v) is 2.81. The van der Waals surface area contributed by atoms with Crippen molar-refractivity contribution in [2.45, 2.75) is 25.8 Å². The number of rotatable bonds is 4. The fourth-order valence-corrected chi connectivity index (χ4v) is 1.78. The van der Waals surface area contributed by atoms with Crippen molar-refractivity contribution in [1.82, 2.24) is 15.0 Å². The van der Waals surface area contributed by atoms with Gasteiger partial charge in [-0.05, 0) is 6.42 Å². The second-order valence-corrected chi connectivity index (χ2v) is 4.30. The van der Waals surface area contributed by atoms with Crippen LogP contribution < -0.4 is 5.73 Å². The topological polar surface area (TPSA) is 56.7 Å². The minimum Gasteiger partial charge on any atom is -0.323 e. The van der Waals surface area contributed by atoms with Gasteiger partial charge in [0.25, 0.3) is 0 Å². The summed E-state index contributed by atoms with van der Waals surface area (Å²) in [6.07, 6.45) is 2.53. The third kappa shape index (κ3) is 2.51. The zero-order valence-corrected chi connectivity index (χ0v) is 10.6. The first-order chi connectivity index (χ1) is 9.45. The SMILES string of the molecule is CCCC(N)c1cn(-c2c(F)c(F)cc(F)c2F)nn1. The number of nitrogens with two attached hydrogens (primary N) is 1. The lowest BCUT2D eigenvalue weighted by Crippen LogP contribution is -2.10. The lowest BCUT2D eigenvalue weighted by molar-refractivity contribution is 0.443. The van der Waals surface area contributed by atoms with Gasteiger partial charge in [0.05, 0.1) is 17.9 Å². The van der Waals surface area contributed by atoms with Crippen LogP contribution in [0.25, 0.3) is 5.69 Å². The van der Waals surface area contributed by atoms with E-state index >= 15 is 0 Å². The highest BCUT2D eigenvalue weighted by atomic mass is 19.2. The van der Waals surface area contributed by atoms with Gasteiger partial charge in [-0.1, -0.05) is 18.6 Å². The Morgan fingerprint density at radius 1 is 1.20 bits per heavy atom. The Bertz CT molecular complexity index is 600. The molecule has 1 aromatic heterocycles. The van der Waals surface area contributed by atoms with Crippen LogP contribution >= 0.6 is 0 Å². The van der Waals surface area contributed by atoms with Crippen LogP contribution in [0.1, 0.15) is 31.5 Å². The molecule has 0 bridgehead atoms. The van der Waals surface area contributed by atoms with Crippen molar-refractivity contribution in [1.29, 1.82) is 0 Å². The smallest absolute Gasteiger partial charge is 0.187 e. The molecule has 4 nitrogen and oxygen atoms in total. The van der Waals surface area contributed by atoms with E-state index in [0.717, 1.165) is 12.6 Å². The van der Waals surface area contributed by atoms with Crippen LogP contribution in [0.3, 0.4) is 0 Å². The van der Waals surface area contributed by atoms with Gasteiger partial charge in [-0.15, -0.1) is 5.10 Å². The number of nitrogens with zero attached hydrogens (tertiary/aromatic N) is 3. The third-order valence-electron chi connectivity index (χ3n) is 2.81. The van der Waals surface area contributed by atoms with Gasteiger partial charge in [0.1, 0.15) is 5.69 Å². The highest BCUT2D eigenvalue weighted by molar-refractivity contribution is 5.36. The minimum absolute atomic E-state index is 0.134. The molecule has 1 atom stereocenters. The van der Waals surface area contributed by atoms with Gasteiger partial charge in [0.15, 0.2) is 23.3 Å². The average molecular weight is 288 g/mol. The summed E-state index contributed by atoms with van der Waals surface area (Å²) in [6, 6.07) is -0.326. The summed E-state index contributed by atoms with van der Waals surface area (Å²) in [5, 5.41) is 7.13. The average Bonchev–Trinajstić information content (AvgIpc) is 2.87. The number of hydrogen-bond acceptors (Lipinski definition) is 3. The van der Waals surface area contributed by atoms with Gasteiger partial charge in [-0.2, -0.15) is 0 Å². The monoisotopic (exact) mass is 288 g/mol. The normalized spacial score (nSPS) is 12.7. The quantitative estimate of drug-likeness (QED) is 0.695. The number of halogens is 4. The van der Waals surface area contributed by atoms with Crippen LogP contribution in [0.5, 0.6) is 0 Å². The van der Waals surface area contributed by atoms with Crippen LogP contribution in [-0.4, -0.2) is 15.0 Å². The molecule has 2 rings (SSSR count). The maximum Gasteiger partial charge on any atom is 0.187 e. The lowest BCUT2D eigenvalue weighted by atomic mass is 10.1. The number of hydrogen-bond donors (Lipinski definition) is 1. The van der Waals surface area contributed by atoms with Crippen LogP contribution in [0.2, 0.25) is 0 Å².